The van der Waals surface area contributed by atoms with Gasteiger partial charge in [0.1, 0.15) is 5.54 Å². The summed E-state index contributed by atoms with van der Waals surface area (Å²) < 4.78 is 3.79. The van der Waals surface area contributed by atoms with Gasteiger partial charge in [-0.15, -0.1) is 0 Å². The van der Waals surface area contributed by atoms with Gasteiger partial charge < -0.3 is 14.6 Å². The normalized spacial score (nSPS) is 14.5. The van der Waals surface area contributed by atoms with Crippen molar-refractivity contribution in [2.75, 3.05) is 6.54 Å². The van der Waals surface area contributed by atoms with Gasteiger partial charge >= 0.3 is 5.97 Å². The van der Waals surface area contributed by atoms with Crippen LogP contribution in [0.2, 0.25) is 0 Å². The number of carbonyl (C=O) groups is 2. The molecule has 0 saturated carbocycles. The number of aliphatic carboxylic acids is 1. The first-order valence-electron chi connectivity index (χ1n) is 8.08. The van der Waals surface area contributed by atoms with Crippen molar-refractivity contribution >= 4 is 11.9 Å². The molecule has 0 saturated heterocycles. The molecule has 3 rings (SSSR count). The van der Waals surface area contributed by atoms with Crippen LogP contribution in [0, 0.1) is 0 Å². The predicted octanol–water partition coefficient (Wildman–Crippen LogP) is 1.48. The number of carboxylic acids is 1. The van der Waals surface area contributed by atoms with Crippen LogP contribution in [0.5, 0.6) is 0 Å². The molecule has 0 aromatic carbocycles. The molecule has 7 heteroatoms. The minimum Gasteiger partial charge on any atom is -0.481 e. The van der Waals surface area contributed by atoms with E-state index in [1.807, 2.05) is 58.6 Å². The van der Waals surface area contributed by atoms with Gasteiger partial charge in [0, 0.05) is 25.4 Å². The smallest absolute Gasteiger partial charge is 0.303 e. The molecule has 128 valence electrons. The Labute approximate surface area is 140 Å². The number of carbonyl (C=O) groups excluding carboxylic acids is 1. The highest BCUT2D eigenvalue weighted by Gasteiger charge is 2.35. The second kappa shape index (κ2) is 6.14. The molecular weight excluding hydrogens is 308 g/mol. The number of fused-ring (bicyclic) bond motifs is 1. The summed E-state index contributed by atoms with van der Waals surface area (Å²) in [6.45, 7) is 5.58. The van der Waals surface area contributed by atoms with Crippen LogP contribution in [-0.2, 0) is 34.6 Å². The van der Waals surface area contributed by atoms with E-state index in [1.54, 1.807) is 0 Å². The third-order valence-corrected chi connectivity index (χ3v) is 4.50. The van der Waals surface area contributed by atoms with Gasteiger partial charge in [0.05, 0.1) is 30.9 Å². The van der Waals surface area contributed by atoms with Crippen LogP contribution in [0.15, 0.2) is 30.6 Å². The maximum Gasteiger partial charge on any atom is 0.303 e. The maximum atomic E-state index is 12.9. The summed E-state index contributed by atoms with van der Waals surface area (Å²) in [5, 5.41) is 13.2. The van der Waals surface area contributed by atoms with E-state index in [-0.39, 0.29) is 12.3 Å². The number of rotatable bonds is 5. The molecule has 0 atom stereocenters. The zero-order valence-corrected chi connectivity index (χ0v) is 14.0. The summed E-state index contributed by atoms with van der Waals surface area (Å²) in [7, 11) is 0. The Hall–Kier alpha value is -2.57. The van der Waals surface area contributed by atoms with E-state index in [4.69, 9.17) is 5.11 Å². The molecule has 0 fully saturated rings. The number of carboxylic acid groups (broad SMARTS) is 1. The Morgan fingerprint density at radius 1 is 1.25 bits per heavy atom. The number of nitrogens with zero attached hydrogens (tertiary/aromatic N) is 4. The van der Waals surface area contributed by atoms with Crippen LogP contribution < -0.4 is 0 Å². The number of aryl methyl sites for hydroxylation is 1. The van der Waals surface area contributed by atoms with Crippen molar-refractivity contribution in [2.24, 2.45) is 0 Å². The lowest BCUT2D eigenvalue weighted by Crippen LogP contribution is -2.49. The quantitative estimate of drug-likeness (QED) is 0.900. The minimum absolute atomic E-state index is 0.0678. The SMILES string of the molecule is CC(C)(C(=O)N1CCn2nc(CCC(=O)O)cc2C1)n1cccc1. The zero-order chi connectivity index (χ0) is 17.3. The fourth-order valence-electron chi connectivity index (χ4n) is 3.06. The van der Waals surface area contributed by atoms with Gasteiger partial charge in [-0.05, 0) is 32.0 Å². The van der Waals surface area contributed by atoms with Crippen LogP contribution in [0.4, 0.5) is 0 Å². The van der Waals surface area contributed by atoms with E-state index in [0.717, 1.165) is 11.4 Å². The molecule has 7 nitrogen and oxygen atoms in total. The average molecular weight is 330 g/mol. The summed E-state index contributed by atoms with van der Waals surface area (Å²) >= 11 is 0. The largest absolute Gasteiger partial charge is 0.481 e. The maximum absolute atomic E-state index is 12.9. The van der Waals surface area contributed by atoms with E-state index in [1.165, 1.54) is 0 Å². The zero-order valence-electron chi connectivity index (χ0n) is 14.0. The van der Waals surface area contributed by atoms with Gasteiger partial charge in [-0.2, -0.15) is 5.10 Å². The van der Waals surface area contributed by atoms with Crippen molar-refractivity contribution in [3.8, 4) is 0 Å². The molecule has 3 heterocycles. The highest BCUT2D eigenvalue weighted by Crippen LogP contribution is 2.23. The molecule has 2 aromatic heterocycles. The van der Waals surface area contributed by atoms with Crippen LogP contribution in [-0.4, -0.2) is 42.8 Å². The first-order valence-corrected chi connectivity index (χ1v) is 8.08. The molecular formula is C17H22N4O3. The first kappa shape index (κ1) is 16.3. The number of amides is 1. The van der Waals surface area contributed by atoms with Gasteiger partial charge in [0.15, 0.2) is 0 Å². The van der Waals surface area contributed by atoms with Crippen LogP contribution in [0.3, 0.4) is 0 Å². The molecule has 0 bridgehead atoms. The second-order valence-electron chi connectivity index (χ2n) is 6.62. The molecule has 0 aliphatic carbocycles. The van der Waals surface area contributed by atoms with Crippen LogP contribution in [0.1, 0.15) is 31.7 Å². The molecule has 1 amide bonds. The van der Waals surface area contributed by atoms with Gasteiger partial charge in [-0.1, -0.05) is 0 Å². The van der Waals surface area contributed by atoms with Crippen LogP contribution >= 0.6 is 0 Å². The topological polar surface area (TPSA) is 80.4 Å². The number of aromatic nitrogens is 3. The van der Waals surface area contributed by atoms with Gasteiger partial charge in [-0.25, -0.2) is 0 Å². The third-order valence-electron chi connectivity index (χ3n) is 4.50. The van der Waals surface area contributed by atoms with E-state index < -0.39 is 11.5 Å². The summed E-state index contributed by atoms with van der Waals surface area (Å²) in [5.74, 6) is -0.760. The van der Waals surface area contributed by atoms with Crippen LogP contribution in [0.25, 0.3) is 0 Å². The Morgan fingerprint density at radius 2 is 1.96 bits per heavy atom. The van der Waals surface area contributed by atoms with E-state index in [2.05, 4.69) is 5.10 Å². The Bertz CT molecular complexity index is 746. The van der Waals surface area contributed by atoms with Crippen molar-refractivity contribution in [2.45, 2.75) is 45.3 Å². The molecule has 1 N–H and O–H groups in total. The molecule has 0 unspecified atom stereocenters. The third kappa shape index (κ3) is 3.06. The van der Waals surface area contributed by atoms with E-state index in [0.29, 0.717) is 26.1 Å². The Balaban J connectivity index is 1.72. The van der Waals surface area contributed by atoms with Crippen molar-refractivity contribution in [1.82, 2.24) is 19.2 Å². The van der Waals surface area contributed by atoms with Gasteiger partial charge in [0.2, 0.25) is 5.91 Å². The lowest BCUT2D eigenvalue weighted by atomic mass is 10.0. The summed E-state index contributed by atoms with van der Waals surface area (Å²) in [6.07, 6.45) is 4.28. The second-order valence-corrected chi connectivity index (χ2v) is 6.62. The summed E-state index contributed by atoms with van der Waals surface area (Å²) in [4.78, 5) is 25.5. The summed E-state index contributed by atoms with van der Waals surface area (Å²) in [6, 6.07) is 5.73. The molecule has 1 aliphatic rings. The lowest BCUT2D eigenvalue weighted by molar-refractivity contribution is -0.141. The first-order chi connectivity index (χ1) is 11.4. The highest BCUT2D eigenvalue weighted by atomic mass is 16.4. The van der Waals surface area contributed by atoms with Gasteiger partial charge in [0.25, 0.3) is 0 Å². The average Bonchev–Trinajstić information content (AvgIpc) is 3.20. The number of hydrogen-bond acceptors (Lipinski definition) is 3. The highest BCUT2D eigenvalue weighted by molar-refractivity contribution is 5.83. The van der Waals surface area contributed by atoms with Gasteiger partial charge in [-0.3, -0.25) is 14.3 Å². The fourth-order valence-corrected chi connectivity index (χ4v) is 3.06. The summed E-state index contributed by atoms with van der Waals surface area (Å²) in [5.41, 5.74) is 1.09. The Kier molecular flexibility index (Phi) is 4.17. The molecule has 1 aliphatic heterocycles. The van der Waals surface area contributed by atoms with E-state index >= 15 is 0 Å². The van der Waals surface area contributed by atoms with Crippen molar-refractivity contribution < 1.29 is 14.7 Å². The van der Waals surface area contributed by atoms with Crippen molar-refractivity contribution in [3.05, 3.63) is 42.0 Å². The monoisotopic (exact) mass is 330 g/mol. The minimum atomic E-state index is -0.828. The standard InChI is InChI=1S/C17H22N4O3/c1-17(2,20-7-3-4-8-20)16(24)19-9-10-21-14(12-19)11-13(18-21)5-6-15(22)23/h3-4,7-8,11H,5-6,9-10,12H2,1-2H3,(H,22,23). The molecule has 0 spiro atoms. The molecule has 0 radical (unpaired) electrons. The Morgan fingerprint density at radius 3 is 2.62 bits per heavy atom. The lowest BCUT2D eigenvalue weighted by Gasteiger charge is -2.35. The van der Waals surface area contributed by atoms with Crippen molar-refractivity contribution in [1.29, 1.82) is 0 Å². The predicted molar refractivity (Wildman–Crippen MR) is 87.4 cm³/mol. The van der Waals surface area contributed by atoms with Crippen molar-refractivity contribution in [3.63, 3.8) is 0 Å². The number of hydrogen-bond donors (Lipinski definition) is 1. The van der Waals surface area contributed by atoms with E-state index in [9.17, 15) is 9.59 Å². The molecule has 24 heavy (non-hydrogen) atoms. The molecule has 2 aromatic rings. The fraction of sp³-hybridized carbons (Fsp3) is 0.471.